The lowest BCUT2D eigenvalue weighted by molar-refractivity contribution is -0.128. The van der Waals surface area contributed by atoms with Gasteiger partial charge in [-0.15, -0.1) is 0 Å². The molecule has 2 aliphatic heterocycles. The Hall–Kier alpha value is -3.24. The minimum atomic E-state index is -0.526. The molecule has 3 rings (SSSR count). The summed E-state index contributed by atoms with van der Waals surface area (Å²) < 4.78 is 11.4. The Morgan fingerprint density at radius 1 is 1.23 bits per heavy atom. The van der Waals surface area contributed by atoms with Gasteiger partial charge in [-0.3, -0.25) is 24.6 Å². The Bertz CT molecular complexity index is 1170. The Morgan fingerprint density at radius 3 is 2.63 bits per heavy atom. The highest BCUT2D eigenvalue weighted by Gasteiger charge is 2.40. The summed E-state index contributed by atoms with van der Waals surface area (Å²) in [5, 5.41) is 5.47. The summed E-state index contributed by atoms with van der Waals surface area (Å²) in [6.07, 6.45) is 8.05. The van der Waals surface area contributed by atoms with Gasteiger partial charge < -0.3 is 10.2 Å². The molecular formula is C25H29N4O4S2+. The predicted molar refractivity (Wildman–Crippen MR) is 140 cm³/mol. The van der Waals surface area contributed by atoms with E-state index >= 15 is 0 Å². The second kappa shape index (κ2) is 11.0. The van der Waals surface area contributed by atoms with Crippen LogP contribution in [0.1, 0.15) is 39.2 Å². The number of carbonyl (C=O) groups is 3. The molecule has 3 amide bonds. The fraction of sp³-hybridized carbons (Fsp3) is 0.360. The van der Waals surface area contributed by atoms with E-state index in [9.17, 15) is 18.6 Å². The third kappa shape index (κ3) is 5.54. The standard InChI is InChI=1S/C25H28N4O4S2/c1-5-21(30)26-13-8-14-29-19-12-11-16(35-33)15-18(19)25(2,3)20(29)10-7-6-9-17-22(31)27-24(34)28(4)23(17)32/h6-7,9-12,15H,5,8,13-14H2,1-4H3,(H-,26,27,30,31,34)/p+1/b7-6+,17-9-,20-10+. The predicted octanol–water partition coefficient (Wildman–Crippen LogP) is 2.73. The molecule has 184 valence electrons. The molecule has 1 saturated heterocycles. The maximum Gasteiger partial charge on any atom is 0.505 e. The molecule has 0 unspecified atom stereocenters. The van der Waals surface area contributed by atoms with E-state index in [4.69, 9.17) is 12.2 Å². The molecule has 0 aliphatic carbocycles. The molecule has 0 aromatic heterocycles. The molecule has 1 aromatic rings. The molecular weight excluding hydrogens is 484 g/mol. The summed E-state index contributed by atoms with van der Waals surface area (Å²) in [6, 6.07) is 5.70. The van der Waals surface area contributed by atoms with Crippen molar-refractivity contribution in [2.45, 2.75) is 43.9 Å². The van der Waals surface area contributed by atoms with Crippen LogP contribution >= 0.6 is 12.2 Å². The molecule has 0 saturated carbocycles. The van der Waals surface area contributed by atoms with Gasteiger partial charge in [-0.1, -0.05) is 32.9 Å². The van der Waals surface area contributed by atoms with Crippen LogP contribution in [0.4, 0.5) is 5.69 Å². The molecule has 10 heteroatoms. The number of nitrogens with one attached hydrogen (secondary N) is 2. The Morgan fingerprint density at radius 2 is 1.94 bits per heavy atom. The quantitative estimate of drug-likeness (QED) is 0.182. The average molecular weight is 514 g/mol. The number of likely N-dealkylation sites (N-methyl/N-ethyl adjacent to an activating group) is 1. The molecule has 8 nitrogen and oxygen atoms in total. The van der Waals surface area contributed by atoms with Gasteiger partial charge in [0.05, 0.1) is 0 Å². The molecule has 35 heavy (non-hydrogen) atoms. The number of benzene rings is 1. The molecule has 2 N–H and O–H groups in total. The van der Waals surface area contributed by atoms with Gasteiger partial charge in [0.25, 0.3) is 16.7 Å². The summed E-state index contributed by atoms with van der Waals surface area (Å²) in [6.45, 7) is 7.25. The topological polar surface area (TPSA) is 98.8 Å². The lowest BCUT2D eigenvalue weighted by atomic mass is 9.83. The van der Waals surface area contributed by atoms with Gasteiger partial charge in [0, 0.05) is 59.7 Å². The van der Waals surface area contributed by atoms with E-state index in [-0.39, 0.29) is 22.0 Å². The van der Waals surface area contributed by atoms with Crippen LogP contribution in [0.15, 0.2) is 58.7 Å². The van der Waals surface area contributed by atoms with Crippen molar-refractivity contribution >= 4 is 52.4 Å². The number of allylic oxidation sites excluding steroid dienone is 5. The van der Waals surface area contributed by atoms with Crippen molar-refractivity contribution in [2.75, 3.05) is 25.0 Å². The van der Waals surface area contributed by atoms with Gasteiger partial charge in [-0.2, -0.15) is 0 Å². The summed E-state index contributed by atoms with van der Waals surface area (Å²) in [4.78, 5) is 40.2. The summed E-state index contributed by atoms with van der Waals surface area (Å²) in [7, 11) is 1.51. The van der Waals surface area contributed by atoms with Crippen LogP contribution in [0.2, 0.25) is 0 Å². The summed E-state index contributed by atoms with van der Waals surface area (Å²) in [5.41, 5.74) is 2.70. The van der Waals surface area contributed by atoms with Gasteiger partial charge >= 0.3 is 11.7 Å². The Labute approximate surface area is 214 Å². The van der Waals surface area contributed by atoms with Crippen molar-refractivity contribution in [3.8, 4) is 0 Å². The molecule has 0 bridgehead atoms. The Kier molecular flexibility index (Phi) is 8.29. The van der Waals surface area contributed by atoms with Crippen molar-refractivity contribution in [1.29, 1.82) is 0 Å². The minimum absolute atomic E-state index is 0.00496. The number of nitrogens with zero attached hydrogens (tertiary/aromatic N) is 2. The third-order valence-corrected chi connectivity index (χ3v) is 6.92. The number of hydrogen-bond acceptors (Lipinski definition) is 6. The molecule has 1 fully saturated rings. The average Bonchev–Trinajstić information content (AvgIpc) is 3.04. The van der Waals surface area contributed by atoms with Crippen LogP contribution < -0.4 is 15.5 Å². The number of fused-ring (bicyclic) bond motifs is 1. The number of rotatable bonds is 8. The zero-order valence-electron chi connectivity index (χ0n) is 20.2. The Balaban J connectivity index is 1.88. The van der Waals surface area contributed by atoms with Crippen LogP contribution in [0, 0.1) is 0 Å². The minimum Gasteiger partial charge on any atom is -0.356 e. The first-order chi connectivity index (χ1) is 16.6. The third-order valence-electron chi connectivity index (χ3n) is 6.09. The van der Waals surface area contributed by atoms with E-state index in [2.05, 4.69) is 29.4 Å². The molecule has 2 heterocycles. The van der Waals surface area contributed by atoms with Crippen molar-refractivity contribution in [2.24, 2.45) is 0 Å². The monoisotopic (exact) mass is 513 g/mol. The van der Waals surface area contributed by atoms with E-state index < -0.39 is 11.8 Å². The maximum atomic E-state index is 12.4. The SMILES string of the molecule is CCC(=O)NCCCN1/C(=C/C=C/C=C2/C(=O)NC(=S)N(C)C2=O)C(C)(C)c2cc([S+]=O)ccc21. The van der Waals surface area contributed by atoms with E-state index in [1.165, 1.54) is 18.0 Å². The smallest absolute Gasteiger partial charge is 0.356 e. The molecule has 2 aliphatic rings. The molecule has 0 atom stereocenters. The van der Waals surface area contributed by atoms with Crippen molar-refractivity contribution in [3.05, 3.63) is 59.3 Å². The van der Waals surface area contributed by atoms with Gasteiger partial charge in [0.1, 0.15) is 5.57 Å². The van der Waals surface area contributed by atoms with Crippen molar-refractivity contribution in [1.82, 2.24) is 15.5 Å². The van der Waals surface area contributed by atoms with Gasteiger partial charge in [-0.05, 0) is 42.4 Å². The van der Waals surface area contributed by atoms with Crippen LogP contribution in [-0.4, -0.2) is 47.9 Å². The van der Waals surface area contributed by atoms with Crippen LogP contribution in [0.25, 0.3) is 0 Å². The zero-order chi connectivity index (χ0) is 25.8. The number of thiocarbonyl (C=S) groups is 1. The lowest BCUT2D eigenvalue weighted by Gasteiger charge is -2.27. The highest BCUT2D eigenvalue weighted by molar-refractivity contribution is 7.80. The van der Waals surface area contributed by atoms with Gasteiger partial charge in [-0.25, -0.2) is 0 Å². The molecule has 0 spiro atoms. The van der Waals surface area contributed by atoms with Crippen molar-refractivity contribution < 1.29 is 18.6 Å². The first-order valence-corrected chi connectivity index (χ1v) is 12.5. The van der Waals surface area contributed by atoms with Crippen LogP contribution in [0.5, 0.6) is 0 Å². The fourth-order valence-electron chi connectivity index (χ4n) is 4.10. The first-order valence-electron chi connectivity index (χ1n) is 11.3. The second-order valence-corrected chi connectivity index (χ2v) is 9.76. The molecule has 1 aromatic carbocycles. The fourth-order valence-corrected chi connectivity index (χ4v) is 4.57. The van der Waals surface area contributed by atoms with E-state index in [0.717, 1.165) is 23.4 Å². The summed E-state index contributed by atoms with van der Waals surface area (Å²) in [5.74, 6) is -0.964. The van der Waals surface area contributed by atoms with E-state index in [1.54, 1.807) is 12.2 Å². The lowest BCUT2D eigenvalue weighted by Crippen LogP contribution is -2.52. The number of hydrogen-bond donors (Lipinski definition) is 2. The van der Waals surface area contributed by atoms with Crippen molar-refractivity contribution in [3.63, 3.8) is 0 Å². The van der Waals surface area contributed by atoms with Crippen LogP contribution in [0.3, 0.4) is 0 Å². The van der Waals surface area contributed by atoms with Crippen LogP contribution in [-0.2, 0) is 35.7 Å². The zero-order valence-corrected chi connectivity index (χ0v) is 21.8. The molecule has 0 radical (unpaired) electrons. The summed E-state index contributed by atoms with van der Waals surface area (Å²) >= 11 is 5.43. The number of carbonyl (C=O) groups excluding carboxylic acids is 3. The largest absolute Gasteiger partial charge is 0.505 e. The first kappa shape index (κ1) is 26.4. The number of anilines is 1. The maximum absolute atomic E-state index is 12.4. The highest BCUT2D eigenvalue weighted by atomic mass is 32.1. The van der Waals surface area contributed by atoms with Gasteiger partial charge in [0.2, 0.25) is 5.91 Å². The van der Waals surface area contributed by atoms with Gasteiger partial charge in [0.15, 0.2) is 5.11 Å². The second-order valence-electron chi connectivity index (χ2n) is 8.74. The van der Waals surface area contributed by atoms with E-state index in [0.29, 0.717) is 36.1 Å². The number of amides is 3. The van der Waals surface area contributed by atoms with E-state index in [1.807, 2.05) is 31.2 Å². The highest BCUT2D eigenvalue weighted by Crippen LogP contribution is 2.48. The normalized spacial score (nSPS) is 19.5.